The van der Waals surface area contributed by atoms with E-state index in [0.29, 0.717) is 28.8 Å². The quantitative estimate of drug-likeness (QED) is 0.128. The second kappa shape index (κ2) is 12.9. The Morgan fingerprint density at radius 1 is 0.902 bits per heavy atom. The van der Waals surface area contributed by atoms with Crippen molar-refractivity contribution in [3.05, 3.63) is 130 Å². The smallest absolute Gasteiger partial charge is 0.338 e. The summed E-state index contributed by atoms with van der Waals surface area (Å²) in [6, 6.07) is 27.4. The van der Waals surface area contributed by atoms with Gasteiger partial charge in [0.05, 0.1) is 36.3 Å². The molecule has 0 aliphatic rings. The van der Waals surface area contributed by atoms with E-state index in [0.717, 1.165) is 44.8 Å². The Hall–Kier alpha value is -4.32. The average Bonchev–Trinajstić information content (AvgIpc) is 3.44. The minimum absolute atomic E-state index is 0.385. The van der Waals surface area contributed by atoms with Crippen molar-refractivity contribution in [1.82, 2.24) is 9.55 Å². The molecule has 0 aliphatic carbocycles. The molecule has 5 aromatic rings. The summed E-state index contributed by atoms with van der Waals surface area (Å²) in [5, 5.41) is 1.12. The number of rotatable bonds is 9. The fourth-order valence-electron chi connectivity index (χ4n) is 4.52. The van der Waals surface area contributed by atoms with Crippen LogP contribution in [0.25, 0.3) is 34.5 Å². The third-order valence-corrected chi connectivity index (χ3v) is 7.14. The third-order valence-electron chi connectivity index (χ3n) is 6.59. The molecule has 206 valence electrons. The highest BCUT2D eigenvalue weighted by molar-refractivity contribution is 6.36. The third kappa shape index (κ3) is 6.88. The van der Waals surface area contributed by atoms with Crippen LogP contribution in [0.4, 0.5) is 0 Å². The Labute approximate surface area is 249 Å². The second-order valence-electron chi connectivity index (χ2n) is 9.38. The summed E-state index contributed by atoms with van der Waals surface area (Å²) in [5.41, 5.74) is 7.09. The van der Waals surface area contributed by atoms with Gasteiger partial charge in [-0.25, -0.2) is 9.78 Å². The van der Waals surface area contributed by atoms with E-state index in [2.05, 4.69) is 41.4 Å². The fraction of sp³-hybridized carbons (Fsp3) is 0.118. The first-order valence-corrected chi connectivity index (χ1v) is 13.9. The zero-order chi connectivity index (χ0) is 28.8. The lowest BCUT2D eigenvalue weighted by molar-refractivity contribution is 0.0600. The van der Waals surface area contributed by atoms with Gasteiger partial charge in [0.2, 0.25) is 0 Å². The number of imidazole rings is 1. The first-order valence-electron chi connectivity index (χ1n) is 13.1. The molecule has 0 atom stereocenters. The normalized spacial score (nSPS) is 11.1. The van der Waals surface area contributed by atoms with E-state index in [-0.39, 0.29) is 5.97 Å². The van der Waals surface area contributed by atoms with E-state index < -0.39 is 0 Å². The monoisotopic (exact) mass is 582 g/mol. The number of nitrogens with zero attached hydrogens (tertiary/aromatic N) is 2. The molecule has 0 radical (unpaired) electrons. The van der Waals surface area contributed by atoms with Crippen LogP contribution in [-0.4, -0.2) is 29.2 Å². The molecule has 0 bridgehead atoms. The number of ether oxygens (including phenoxy) is 2. The van der Waals surface area contributed by atoms with Gasteiger partial charge in [-0.1, -0.05) is 77.8 Å². The van der Waals surface area contributed by atoms with Crippen molar-refractivity contribution in [2.45, 2.75) is 13.5 Å². The maximum Gasteiger partial charge on any atom is 0.338 e. The zero-order valence-corrected chi connectivity index (χ0v) is 24.2. The molecule has 7 heteroatoms. The van der Waals surface area contributed by atoms with Gasteiger partial charge in [-0.15, -0.1) is 0 Å². The largest absolute Gasteiger partial charge is 0.494 e. The van der Waals surface area contributed by atoms with Crippen LogP contribution in [0.3, 0.4) is 0 Å². The molecule has 0 saturated heterocycles. The Kier molecular flexibility index (Phi) is 8.88. The number of carbonyl (C=O) groups excluding carboxylic acids is 1. The van der Waals surface area contributed by atoms with Gasteiger partial charge in [-0.2, -0.15) is 0 Å². The van der Waals surface area contributed by atoms with E-state index in [1.807, 2.05) is 60.2 Å². The van der Waals surface area contributed by atoms with E-state index in [4.69, 9.17) is 32.7 Å². The van der Waals surface area contributed by atoms with Gasteiger partial charge < -0.3 is 14.0 Å². The second-order valence-corrected chi connectivity index (χ2v) is 10.2. The van der Waals surface area contributed by atoms with Crippen molar-refractivity contribution in [3.63, 3.8) is 0 Å². The molecule has 4 aromatic carbocycles. The summed E-state index contributed by atoms with van der Waals surface area (Å²) >= 11 is 12.4. The number of carbonyl (C=O) groups is 1. The van der Waals surface area contributed by atoms with E-state index >= 15 is 0 Å². The van der Waals surface area contributed by atoms with E-state index in [1.165, 1.54) is 7.11 Å². The van der Waals surface area contributed by atoms with Gasteiger partial charge in [0.15, 0.2) is 0 Å². The number of hydrogen-bond acceptors (Lipinski definition) is 4. The van der Waals surface area contributed by atoms with E-state index in [9.17, 15) is 4.79 Å². The molecule has 1 heterocycles. The van der Waals surface area contributed by atoms with Crippen LogP contribution >= 0.6 is 23.2 Å². The average molecular weight is 584 g/mol. The SMILES string of the molecule is CCOc1ccc(-c2ccc(C=Cc3cc(Cn4cnc(-c5ccc(Cl)cc5Cl)c4)ccc3C(=O)OC)cc2)cc1. The highest BCUT2D eigenvalue weighted by Gasteiger charge is 2.12. The van der Waals surface area contributed by atoms with Gasteiger partial charge in [-0.3, -0.25) is 0 Å². The Bertz CT molecular complexity index is 1690. The summed E-state index contributed by atoms with van der Waals surface area (Å²) in [4.78, 5) is 17.0. The highest BCUT2D eigenvalue weighted by atomic mass is 35.5. The molecule has 0 amide bonds. The first kappa shape index (κ1) is 28.2. The summed E-state index contributed by atoms with van der Waals surface area (Å²) in [6.07, 6.45) is 7.63. The van der Waals surface area contributed by atoms with Crippen molar-refractivity contribution in [1.29, 1.82) is 0 Å². The molecule has 5 nitrogen and oxygen atoms in total. The van der Waals surface area contributed by atoms with Crippen molar-refractivity contribution in [2.24, 2.45) is 0 Å². The van der Waals surface area contributed by atoms with E-state index in [1.54, 1.807) is 24.5 Å². The molecule has 0 spiro atoms. The molecule has 0 saturated carbocycles. The number of methoxy groups -OCH3 is 1. The molecule has 0 aliphatic heterocycles. The molecule has 0 fully saturated rings. The summed E-state index contributed by atoms with van der Waals surface area (Å²) in [7, 11) is 1.39. The Morgan fingerprint density at radius 2 is 1.63 bits per heavy atom. The predicted molar refractivity (Wildman–Crippen MR) is 167 cm³/mol. The van der Waals surface area contributed by atoms with Crippen LogP contribution in [0.15, 0.2) is 97.5 Å². The topological polar surface area (TPSA) is 53.4 Å². The van der Waals surface area contributed by atoms with Gasteiger partial charge in [-0.05, 0) is 77.2 Å². The fourth-order valence-corrected chi connectivity index (χ4v) is 5.03. The number of halogens is 2. The van der Waals surface area contributed by atoms with Crippen molar-refractivity contribution in [2.75, 3.05) is 13.7 Å². The number of hydrogen-bond donors (Lipinski definition) is 0. The maximum atomic E-state index is 12.5. The molecular weight excluding hydrogens is 555 g/mol. The lowest BCUT2D eigenvalue weighted by Crippen LogP contribution is -2.05. The minimum Gasteiger partial charge on any atom is -0.494 e. The molecule has 5 rings (SSSR count). The molecule has 1 aromatic heterocycles. The number of esters is 1. The number of benzene rings is 4. The predicted octanol–water partition coefficient (Wildman–Crippen LogP) is 8.93. The Balaban J connectivity index is 1.35. The molecule has 0 N–H and O–H groups in total. The highest BCUT2D eigenvalue weighted by Crippen LogP contribution is 2.29. The molecular formula is C34H28Cl2N2O3. The summed E-state index contributed by atoms with van der Waals surface area (Å²) in [6.45, 7) is 3.18. The van der Waals surface area contributed by atoms with Crippen LogP contribution in [0, 0.1) is 0 Å². The van der Waals surface area contributed by atoms with Gasteiger partial charge >= 0.3 is 5.97 Å². The van der Waals surface area contributed by atoms with Gasteiger partial charge in [0, 0.05) is 23.3 Å². The van der Waals surface area contributed by atoms with Crippen LogP contribution in [0.1, 0.15) is 34.0 Å². The Morgan fingerprint density at radius 3 is 2.32 bits per heavy atom. The first-order chi connectivity index (χ1) is 19.9. The van der Waals surface area contributed by atoms with Crippen LogP contribution in [0.5, 0.6) is 5.75 Å². The summed E-state index contributed by atoms with van der Waals surface area (Å²) < 4.78 is 12.5. The number of aromatic nitrogens is 2. The zero-order valence-electron chi connectivity index (χ0n) is 22.7. The lowest BCUT2D eigenvalue weighted by atomic mass is 10.0. The molecule has 0 unspecified atom stereocenters. The lowest BCUT2D eigenvalue weighted by Gasteiger charge is -2.09. The molecule has 41 heavy (non-hydrogen) atoms. The van der Waals surface area contributed by atoms with Gasteiger partial charge in [0.1, 0.15) is 5.75 Å². The van der Waals surface area contributed by atoms with Gasteiger partial charge in [0.25, 0.3) is 0 Å². The minimum atomic E-state index is -0.385. The van der Waals surface area contributed by atoms with Crippen LogP contribution < -0.4 is 4.74 Å². The van der Waals surface area contributed by atoms with Crippen LogP contribution in [0.2, 0.25) is 10.0 Å². The van der Waals surface area contributed by atoms with Crippen molar-refractivity contribution >= 4 is 41.3 Å². The maximum absolute atomic E-state index is 12.5. The van der Waals surface area contributed by atoms with Crippen molar-refractivity contribution < 1.29 is 14.3 Å². The van der Waals surface area contributed by atoms with Crippen molar-refractivity contribution in [3.8, 4) is 28.1 Å². The van der Waals surface area contributed by atoms with Crippen LogP contribution in [-0.2, 0) is 11.3 Å². The summed E-state index contributed by atoms with van der Waals surface area (Å²) in [5.74, 6) is 0.475. The standard InChI is InChI=1S/C34H28Cl2N2O3/c1-3-41-29-14-11-26(12-15-29)25-8-4-23(5-9-25)6-10-27-18-24(7-16-30(27)34(39)40-2)20-38-21-33(37-22-38)31-17-13-28(35)19-32(31)36/h4-19,21-22H,3,20H2,1-2H3.